The van der Waals surface area contributed by atoms with E-state index in [0.29, 0.717) is 17.3 Å². The molecular formula is C20H25NO6. The Hall–Kier alpha value is -2.96. The minimum atomic E-state index is -0.344. The van der Waals surface area contributed by atoms with Gasteiger partial charge in [0.05, 0.1) is 20.3 Å². The fraction of sp³-hybridized carbons (Fsp3) is 0.400. The number of hydrogen-bond donors (Lipinski definition) is 1. The molecule has 0 radical (unpaired) electrons. The van der Waals surface area contributed by atoms with Gasteiger partial charge in [-0.15, -0.1) is 0 Å². The van der Waals surface area contributed by atoms with Gasteiger partial charge in [-0.25, -0.2) is 0 Å². The Labute approximate surface area is 158 Å². The first-order valence-corrected chi connectivity index (χ1v) is 8.59. The molecule has 1 N–H and O–H groups in total. The van der Waals surface area contributed by atoms with Gasteiger partial charge < -0.3 is 23.9 Å². The molecule has 0 fully saturated rings. The molecule has 1 heterocycles. The second-order valence-corrected chi connectivity index (χ2v) is 6.41. The van der Waals surface area contributed by atoms with Crippen LogP contribution in [-0.2, 0) is 4.79 Å². The van der Waals surface area contributed by atoms with Crippen LogP contribution < -0.4 is 25.0 Å². The lowest BCUT2D eigenvalue weighted by Crippen LogP contribution is -2.35. The lowest BCUT2D eigenvalue weighted by Gasteiger charge is -2.24. The number of rotatable bonds is 8. The molecule has 0 unspecified atom stereocenters. The maximum atomic E-state index is 12.3. The molecule has 0 saturated carbocycles. The highest BCUT2D eigenvalue weighted by atomic mass is 16.5. The predicted octanol–water partition coefficient (Wildman–Crippen LogP) is 2.86. The first-order chi connectivity index (χ1) is 12.8. The van der Waals surface area contributed by atoms with Crippen LogP contribution in [0, 0.1) is 12.8 Å². The van der Waals surface area contributed by atoms with E-state index in [1.54, 1.807) is 27.2 Å². The standard InChI is InChI=1S/C20H25NO6/c1-12(2)20(14-6-7-16(24-4)17(9-14)25-5)21-19(23)11-27-18-10-26-13(3)8-15(18)22/h6-10,12,20H,11H2,1-5H3,(H,21,23)/t20-/m1/s1. The largest absolute Gasteiger partial charge is 0.493 e. The number of hydrogen-bond acceptors (Lipinski definition) is 6. The Bertz CT molecular complexity index is 843. The molecule has 2 aromatic rings. The van der Waals surface area contributed by atoms with Gasteiger partial charge >= 0.3 is 0 Å². The number of carbonyl (C=O) groups excluding carboxylic acids is 1. The first kappa shape index (κ1) is 20.4. The summed E-state index contributed by atoms with van der Waals surface area (Å²) in [7, 11) is 3.13. The van der Waals surface area contributed by atoms with Crippen molar-refractivity contribution in [2.45, 2.75) is 26.8 Å². The molecule has 27 heavy (non-hydrogen) atoms. The lowest BCUT2D eigenvalue weighted by molar-refractivity contribution is -0.124. The third-order valence-corrected chi connectivity index (χ3v) is 4.04. The summed E-state index contributed by atoms with van der Waals surface area (Å²) in [6, 6.07) is 6.56. The van der Waals surface area contributed by atoms with Gasteiger partial charge in [0.2, 0.25) is 11.2 Å². The number of nitrogens with one attached hydrogen (secondary N) is 1. The summed E-state index contributed by atoms with van der Waals surface area (Å²) in [6.07, 6.45) is 1.21. The average molecular weight is 375 g/mol. The molecule has 2 rings (SSSR count). The molecule has 7 heteroatoms. The Morgan fingerprint density at radius 3 is 2.41 bits per heavy atom. The molecule has 1 amide bonds. The van der Waals surface area contributed by atoms with E-state index in [1.165, 1.54) is 12.3 Å². The molecule has 0 aliphatic rings. The summed E-state index contributed by atoms with van der Waals surface area (Å²) in [4.78, 5) is 24.1. The first-order valence-electron chi connectivity index (χ1n) is 8.59. The Balaban J connectivity index is 2.09. The second-order valence-electron chi connectivity index (χ2n) is 6.41. The number of benzene rings is 1. The Kier molecular flexibility index (Phi) is 6.87. The van der Waals surface area contributed by atoms with Crippen molar-refractivity contribution < 1.29 is 23.4 Å². The number of amides is 1. The van der Waals surface area contributed by atoms with E-state index in [-0.39, 0.29) is 35.7 Å². The maximum absolute atomic E-state index is 12.3. The SMILES string of the molecule is COc1ccc([C@H](NC(=O)COc2coc(C)cc2=O)C(C)C)cc1OC. The molecule has 0 saturated heterocycles. The molecule has 0 spiro atoms. The van der Waals surface area contributed by atoms with Crippen LogP contribution in [0.2, 0.25) is 0 Å². The van der Waals surface area contributed by atoms with Crippen molar-refractivity contribution in [1.82, 2.24) is 5.32 Å². The monoisotopic (exact) mass is 375 g/mol. The van der Waals surface area contributed by atoms with Gasteiger partial charge in [-0.2, -0.15) is 0 Å². The van der Waals surface area contributed by atoms with Crippen LogP contribution in [0.15, 0.2) is 39.7 Å². The minimum Gasteiger partial charge on any atom is -0.493 e. The molecule has 7 nitrogen and oxygen atoms in total. The van der Waals surface area contributed by atoms with Crippen molar-refractivity contribution >= 4 is 5.91 Å². The van der Waals surface area contributed by atoms with E-state index in [2.05, 4.69) is 5.32 Å². The summed E-state index contributed by atoms with van der Waals surface area (Å²) in [5, 5.41) is 2.93. The van der Waals surface area contributed by atoms with Crippen molar-refractivity contribution in [3.63, 3.8) is 0 Å². The second kappa shape index (κ2) is 9.12. The van der Waals surface area contributed by atoms with Crippen LogP contribution in [0.3, 0.4) is 0 Å². The molecule has 146 valence electrons. The van der Waals surface area contributed by atoms with Gasteiger partial charge in [0.15, 0.2) is 18.1 Å². The fourth-order valence-corrected chi connectivity index (χ4v) is 2.64. The number of aryl methyl sites for hydroxylation is 1. The van der Waals surface area contributed by atoms with Crippen molar-refractivity contribution in [1.29, 1.82) is 0 Å². The molecule has 1 aromatic carbocycles. The number of ether oxygens (including phenoxy) is 3. The normalized spacial score (nSPS) is 11.8. The zero-order chi connectivity index (χ0) is 20.0. The van der Waals surface area contributed by atoms with Gasteiger partial charge in [0.1, 0.15) is 12.0 Å². The van der Waals surface area contributed by atoms with E-state index in [4.69, 9.17) is 18.6 Å². The predicted molar refractivity (Wildman–Crippen MR) is 100 cm³/mol. The molecule has 1 atom stereocenters. The summed E-state index contributed by atoms with van der Waals surface area (Å²) in [5.74, 6) is 1.46. The van der Waals surface area contributed by atoms with E-state index >= 15 is 0 Å². The minimum absolute atomic E-state index is 0.00274. The van der Waals surface area contributed by atoms with Gasteiger partial charge in [0.25, 0.3) is 5.91 Å². The topological polar surface area (TPSA) is 87.0 Å². The van der Waals surface area contributed by atoms with Crippen molar-refractivity contribution in [2.24, 2.45) is 5.92 Å². The van der Waals surface area contributed by atoms with Crippen LogP contribution in [-0.4, -0.2) is 26.7 Å². The van der Waals surface area contributed by atoms with Crippen LogP contribution in [0.5, 0.6) is 17.2 Å². The third-order valence-electron chi connectivity index (χ3n) is 4.04. The summed E-state index contributed by atoms with van der Waals surface area (Å²) >= 11 is 0. The fourth-order valence-electron chi connectivity index (χ4n) is 2.64. The van der Waals surface area contributed by atoms with Crippen molar-refractivity contribution in [3.8, 4) is 17.2 Å². The van der Waals surface area contributed by atoms with E-state index < -0.39 is 0 Å². The van der Waals surface area contributed by atoms with Crippen molar-refractivity contribution in [2.75, 3.05) is 20.8 Å². The maximum Gasteiger partial charge on any atom is 0.258 e. The average Bonchev–Trinajstić information content (AvgIpc) is 2.64. The van der Waals surface area contributed by atoms with Crippen LogP contribution >= 0.6 is 0 Å². The number of carbonyl (C=O) groups is 1. The van der Waals surface area contributed by atoms with Gasteiger partial charge in [-0.05, 0) is 30.5 Å². The Morgan fingerprint density at radius 1 is 1.11 bits per heavy atom. The zero-order valence-corrected chi connectivity index (χ0v) is 16.2. The van der Waals surface area contributed by atoms with Crippen LogP contribution in [0.4, 0.5) is 0 Å². The van der Waals surface area contributed by atoms with E-state index in [1.807, 2.05) is 26.0 Å². The summed E-state index contributed by atoms with van der Waals surface area (Å²) in [6.45, 7) is 5.37. The van der Waals surface area contributed by atoms with Gasteiger partial charge in [-0.1, -0.05) is 19.9 Å². The number of methoxy groups -OCH3 is 2. The zero-order valence-electron chi connectivity index (χ0n) is 16.2. The van der Waals surface area contributed by atoms with Crippen molar-refractivity contribution in [3.05, 3.63) is 52.1 Å². The quantitative estimate of drug-likeness (QED) is 0.763. The summed E-state index contributed by atoms with van der Waals surface area (Å²) in [5.41, 5.74) is 0.553. The highest BCUT2D eigenvalue weighted by Gasteiger charge is 2.20. The third kappa shape index (κ3) is 5.26. The molecule has 1 aromatic heterocycles. The van der Waals surface area contributed by atoms with Crippen LogP contribution in [0.25, 0.3) is 0 Å². The molecule has 0 bridgehead atoms. The van der Waals surface area contributed by atoms with E-state index in [9.17, 15) is 9.59 Å². The highest BCUT2D eigenvalue weighted by molar-refractivity contribution is 5.78. The lowest BCUT2D eigenvalue weighted by atomic mass is 9.95. The van der Waals surface area contributed by atoms with Gasteiger partial charge in [0, 0.05) is 6.07 Å². The Morgan fingerprint density at radius 2 is 1.81 bits per heavy atom. The molecule has 0 aliphatic carbocycles. The smallest absolute Gasteiger partial charge is 0.258 e. The summed E-state index contributed by atoms with van der Waals surface area (Å²) < 4.78 is 21.0. The van der Waals surface area contributed by atoms with Gasteiger partial charge in [-0.3, -0.25) is 9.59 Å². The molecule has 0 aliphatic heterocycles. The van der Waals surface area contributed by atoms with E-state index in [0.717, 1.165) is 5.56 Å². The highest BCUT2D eigenvalue weighted by Crippen LogP contribution is 2.32. The molecular weight excluding hydrogens is 350 g/mol. The van der Waals surface area contributed by atoms with Crippen LogP contribution in [0.1, 0.15) is 31.2 Å².